The third-order valence-corrected chi connectivity index (χ3v) is 7.85. The molecule has 0 bridgehead atoms. The highest BCUT2D eigenvalue weighted by Gasteiger charge is 2.45. The Bertz CT molecular complexity index is 1860. The summed E-state index contributed by atoms with van der Waals surface area (Å²) in [6.07, 6.45) is 1.47. The van der Waals surface area contributed by atoms with E-state index in [0.717, 1.165) is 16.9 Å². The van der Waals surface area contributed by atoms with E-state index in [4.69, 9.17) is 13.9 Å². The number of aryl methyl sites for hydroxylation is 1. The van der Waals surface area contributed by atoms with Crippen molar-refractivity contribution in [3.8, 4) is 5.75 Å². The summed E-state index contributed by atoms with van der Waals surface area (Å²) in [7, 11) is 0. The fraction of sp³-hybridized carbons (Fsp3) is 0.125. The standard InChI is InChI=1S/C32H24N2O6S/c1-3-16-38-31(37)29-19(2)33-32(41-29)34-26(21-12-9-13-22(17-21)39-18-20-10-5-4-6-11-20)25-27(35)23-14-7-8-15-24(23)40-28(25)30(34)36/h3-15,17,26H,1,16,18H2,2H3. The van der Waals surface area contributed by atoms with Gasteiger partial charge in [0.2, 0.25) is 5.76 Å². The first-order valence-electron chi connectivity index (χ1n) is 12.9. The van der Waals surface area contributed by atoms with E-state index in [1.807, 2.05) is 48.5 Å². The molecule has 6 rings (SSSR count). The number of carbonyl (C=O) groups excluding carboxylic acids is 2. The largest absolute Gasteiger partial charge is 0.489 e. The van der Waals surface area contributed by atoms with Crippen LogP contribution in [-0.4, -0.2) is 23.5 Å². The molecule has 3 aromatic carbocycles. The van der Waals surface area contributed by atoms with Crippen LogP contribution in [0.2, 0.25) is 0 Å². The Morgan fingerprint density at radius 2 is 1.85 bits per heavy atom. The first-order chi connectivity index (χ1) is 20.0. The number of aromatic nitrogens is 1. The van der Waals surface area contributed by atoms with Crippen molar-refractivity contribution < 1.29 is 23.5 Å². The molecule has 41 heavy (non-hydrogen) atoms. The molecule has 1 amide bonds. The van der Waals surface area contributed by atoms with Crippen molar-refractivity contribution in [3.05, 3.63) is 135 Å². The number of nitrogens with zero attached hydrogens (tertiary/aromatic N) is 2. The van der Waals surface area contributed by atoms with Gasteiger partial charge < -0.3 is 13.9 Å². The van der Waals surface area contributed by atoms with E-state index in [1.165, 1.54) is 11.0 Å². The number of fused-ring (bicyclic) bond motifs is 2. The summed E-state index contributed by atoms with van der Waals surface area (Å²) >= 11 is 1.02. The molecule has 0 saturated heterocycles. The normalized spacial score (nSPS) is 14.2. The number of carbonyl (C=O) groups is 2. The van der Waals surface area contributed by atoms with Gasteiger partial charge in [0.15, 0.2) is 10.6 Å². The predicted molar refractivity (Wildman–Crippen MR) is 156 cm³/mol. The smallest absolute Gasteiger partial charge is 0.350 e. The maximum Gasteiger partial charge on any atom is 0.350 e. The molecule has 3 heterocycles. The van der Waals surface area contributed by atoms with Crippen LogP contribution in [0.1, 0.15) is 48.7 Å². The van der Waals surface area contributed by atoms with Crippen LogP contribution in [0, 0.1) is 6.92 Å². The lowest BCUT2D eigenvalue weighted by Crippen LogP contribution is -2.29. The maximum absolute atomic E-state index is 13.9. The van der Waals surface area contributed by atoms with E-state index in [2.05, 4.69) is 11.6 Å². The molecule has 0 saturated carbocycles. The average molecular weight is 565 g/mol. The number of thiazole rings is 1. The van der Waals surface area contributed by atoms with E-state index in [9.17, 15) is 14.4 Å². The molecular weight excluding hydrogens is 540 g/mol. The fourth-order valence-corrected chi connectivity index (χ4v) is 5.81. The first-order valence-corrected chi connectivity index (χ1v) is 13.7. The molecule has 1 atom stereocenters. The summed E-state index contributed by atoms with van der Waals surface area (Å²) in [5.74, 6) is -0.578. The minimum atomic E-state index is -0.860. The molecule has 0 N–H and O–H groups in total. The van der Waals surface area contributed by atoms with Gasteiger partial charge in [0.1, 0.15) is 29.4 Å². The number of ether oxygens (including phenoxy) is 2. The number of anilines is 1. The van der Waals surface area contributed by atoms with Gasteiger partial charge in [0.25, 0.3) is 5.91 Å². The van der Waals surface area contributed by atoms with Gasteiger partial charge in [-0.1, -0.05) is 78.6 Å². The van der Waals surface area contributed by atoms with Crippen LogP contribution in [0.25, 0.3) is 11.0 Å². The molecule has 1 aliphatic rings. The number of para-hydroxylation sites is 1. The van der Waals surface area contributed by atoms with Crippen molar-refractivity contribution in [2.24, 2.45) is 0 Å². The minimum absolute atomic E-state index is 0.0446. The lowest BCUT2D eigenvalue weighted by atomic mass is 9.98. The van der Waals surface area contributed by atoms with Crippen LogP contribution < -0.4 is 15.1 Å². The first kappa shape index (κ1) is 26.2. The molecule has 0 radical (unpaired) electrons. The highest BCUT2D eigenvalue weighted by atomic mass is 32.1. The molecule has 0 spiro atoms. The van der Waals surface area contributed by atoms with Gasteiger partial charge in [-0.3, -0.25) is 14.5 Å². The summed E-state index contributed by atoms with van der Waals surface area (Å²) in [6.45, 7) is 5.63. The van der Waals surface area contributed by atoms with Crippen LogP contribution in [0.15, 0.2) is 101 Å². The van der Waals surface area contributed by atoms with Crippen LogP contribution in [0.4, 0.5) is 5.13 Å². The zero-order chi connectivity index (χ0) is 28.5. The molecule has 8 nitrogen and oxygen atoms in total. The third-order valence-electron chi connectivity index (χ3n) is 6.71. The molecule has 0 aliphatic carbocycles. The highest BCUT2D eigenvalue weighted by molar-refractivity contribution is 7.17. The summed E-state index contributed by atoms with van der Waals surface area (Å²) < 4.78 is 17.3. The Morgan fingerprint density at radius 1 is 1.07 bits per heavy atom. The average Bonchev–Trinajstić information content (AvgIpc) is 3.52. The number of hydrogen-bond donors (Lipinski definition) is 0. The van der Waals surface area contributed by atoms with Gasteiger partial charge in [-0.25, -0.2) is 9.78 Å². The van der Waals surface area contributed by atoms with Crippen LogP contribution in [0.3, 0.4) is 0 Å². The van der Waals surface area contributed by atoms with E-state index in [0.29, 0.717) is 34.6 Å². The lowest BCUT2D eigenvalue weighted by Gasteiger charge is -2.23. The zero-order valence-corrected chi connectivity index (χ0v) is 22.9. The van der Waals surface area contributed by atoms with Crippen molar-refractivity contribution in [2.75, 3.05) is 11.5 Å². The molecule has 5 aromatic rings. The molecule has 204 valence electrons. The topological polar surface area (TPSA) is 98.9 Å². The molecule has 1 unspecified atom stereocenters. The monoisotopic (exact) mass is 564 g/mol. The Hall–Kier alpha value is -5.02. The Morgan fingerprint density at radius 3 is 2.66 bits per heavy atom. The van der Waals surface area contributed by atoms with Gasteiger partial charge >= 0.3 is 5.97 Å². The fourth-order valence-electron chi connectivity index (χ4n) is 4.82. The van der Waals surface area contributed by atoms with Crippen molar-refractivity contribution in [1.29, 1.82) is 0 Å². The number of benzene rings is 3. The van der Waals surface area contributed by atoms with E-state index < -0.39 is 17.9 Å². The van der Waals surface area contributed by atoms with Gasteiger partial charge in [-0.2, -0.15) is 0 Å². The Balaban J connectivity index is 1.46. The second-order valence-electron chi connectivity index (χ2n) is 9.39. The van der Waals surface area contributed by atoms with Gasteiger partial charge in [-0.15, -0.1) is 0 Å². The molecule has 1 aliphatic heterocycles. The van der Waals surface area contributed by atoms with Crippen molar-refractivity contribution in [1.82, 2.24) is 4.98 Å². The molecular formula is C32H24N2O6S. The van der Waals surface area contributed by atoms with Crippen molar-refractivity contribution in [2.45, 2.75) is 19.6 Å². The lowest BCUT2D eigenvalue weighted by molar-refractivity contribution is 0.0554. The van der Waals surface area contributed by atoms with Crippen LogP contribution in [0.5, 0.6) is 5.75 Å². The van der Waals surface area contributed by atoms with Crippen molar-refractivity contribution >= 4 is 39.3 Å². The summed E-state index contributed by atoms with van der Waals surface area (Å²) in [5, 5.41) is 0.611. The molecule has 9 heteroatoms. The van der Waals surface area contributed by atoms with Crippen molar-refractivity contribution in [3.63, 3.8) is 0 Å². The SMILES string of the molecule is C=CCOC(=O)c1sc(N2C(=O)c3oc4ccccc4c(=O)c3C2c2cccc(OCc3ccccc3)c2)nc1C. The Kier molecular flexibility index (Phi) is 6.94. The van der Waals surface area contributed by atoms with E-state index in [1.54, 1.807) is 37.3 Å². The van der Waals surface area contributed by atoms with Crippen LogP contribution >= 0.6 is 11.3 Å². The number of amides is 1. The van der Waals surface area contributed by atoms with Gasteiger partial charge in [0.05, 0.1) is 22.7 Å². The third kappa shape index (κ3) is 4.81. The summed E-state index contributed by atoms with van der Waals surface area (Å²) in [5.41, 5.74) is 2.26. The quantitative estimate of drug-likeness (QED) is 0.163. The van der Waals surface area contributed by atoms with E-state index >= 15 is 0 Å². The highest BCUT2D eigenvalue weighted by Crippen LogP contribution is 2.43. The van der Waals surface area contributed by atoms with Crippen LogP contribution in [-0.2, 0) is 11.3 Å². The second-order valence-corrected chi connectivity index (χ2v) is 10.4. The van der Waals surface area contributed by atoms with E-state index in [-0.39, 0.29) is 33.4 Å². The Labute approximate surface area is 239 Å². The summed E-state index contributed by atoms with van der Waals surface area (Å²) in [4.78, 5) is 46.7. The maximum atomic E-state index is 13.9. The predicted octanol–water partition coefficient (Wildman–Crippen LogP) is 6.23. The zero-order valence-electron chi connectivity index (χ0n) is 22.0. The summed E-state index contributed by atoms with van der Waals surface area (Å²) in [6, 6.07) is 23.0. The second kappa shape index (κ2) is 10.9. The minimum Gasteiger partial charge on any atom is -0.489 e. The number of rotatable bonds is 8. The number of esters is 1. The van der Waals surface area contributed by atoms with Gasteiger partial charge in [0, 0.05) is 0 Å². The number of hydrogen-bond acceptors (Lipinski definition) is 8. The molecule has 0 fully saturated rings. The van der Waals surface area contributed by atoms with Gasteiger partial charge in [-0.05, 0) is 42.3 Å². The molecule has 2 aromatic heterocycles.